The topological polar surface area (TPSA) is 88.4 Å². The summed E-state index contributed by atoms with van der Waals surface area (Å²) in [6, 6.07) is 7.64. The molecule has 1 aromatic rings. The van der Waals surface area contributed by atoms with Gasteiger partial charge in [-0.05, 0) is 62.8 Å². The number of nitrogens with one attached hydrogen (secondary N) is 1. The number of nitrogens with zero attached hydrogens (tertiary/aromatic N) is 1. The number of hydrogen-bond donors (Lipinski definition) is 1. The smallest absolute Gasteiger partial charge is 0.344 e. The zero-order chi connectivity index (χ0) is 17.7. The summed E-state index contributed by atoms with van der Waals surface area (Å²) in [6.45, 7) is 4.94. The molecule has 0 radical (unpaired) electrons. The lowest BCUT2D eigenvalue weighted by Gasteiger charge is -2.22. The van der Waals surface area contributed by atoms with Crippen molar-refractivity contribution in [2.75, 3.05) is 13.2 Å². The monoisotopic (exact) mass is 330 g/mol. The Bertz CT molecular complexity index is 676. The number of benzene rings is 1. The molecule has 6 heteroatoms. The zero-order valence-electron chi connectivity index (χ0n) is 14.2. The zero-order valence-corrected chi connectivity index (χ0v) is 14.2. The number of rotatable bonds is 7. The summed E-state index contributed by atoms with van der Waals surface area (Å²) < 4.78 is 10.2. The minimum atomic E-state index is -0.889. The number of ether oxygens (including phenoxy) is 2. The molecule has 128 valence electrons. The Morgan fingerprint density at radius 1 is 1.29 bits per heavy atom. The van der Waals surface area contributed by atoms with E-state index in [-0.39, 0.29) is 12.5 Å². The first kappa shape index (κ1) is 17.8. The highest BCUT2D eigenvalue weighted by atomic mass is 16.6. The summed E-state index contributed by atoms with van der Waals surface area (Å²) in [5.74, 6) is -0.362. The second-order valence-corrected chi connectivity index (χ2v) is 6.33. The first-order valence-electron chi connectivity index (χ1n) is 7.92. The third-order valence-corrected chi connectivity index (χ3v) is 4.22. The molecular weight excluding hydrogens is 308 g/mol. The van der Waals surface area contributed by atoms with Gasteiger partial charge in [0, 0.05) is 0 Å². The van der Waals surface area contributed by atoms with Gasteiger partial charge in [-0.2, -0.15) is 5.26 Å². The van der Waals surface area contributed by atoms with Gasteiger partial charge in [0.1, 0.15) is 11.3 Å². The van der Waals surface area contributed by atoms with Crippen LogP contribution in [0.1, 0.15) is 30.9 Å². The number of carbonyl (C=O) groups is 2. The fourth-order valence-electron chi connectivity index (χ4n) is 2.34. The molecule has 0 bridgehead atoms. The van der Waals surface area contributed by atoms with Crippen LogP contribution in [0.4, 0.5) is 0 Å². The fraction of sp³-hybridized carbons (Fsp3) is 0.500. The van der Waals surface area contributed by atoms with Gasteiger partial charge in [0.05, 0.1) is 6.07 Å². The van der Waals surface area contributed by atoms with E-state index in [1.54, 1.807) is 13.0 Å². The van der Waals surface area contributed by atoms with Crippen LogP contribution in [0, 0.1) is 31.1 Å². The van der Waals surface area contributed by atoms with Crippen LogP contribution in [0.5, 0.6) is 5.75 Å². The Hall–Kier alpha value is -2.55. The van der Waals surface area contributed by atoms with E-state index in [9.17, 15) is 14.9 Å². The van der Waals surface area contributed by atoms with Crippen molar-refractivity contribution in [3.05, 3.63) is 29.3 Å². The Morgan fingerprint density at radius 2 is 2.00 bits per heavy atom. The van der Waals surface area contributed by atoms with Gasteiger partial charge in [0.2, 0.25) is 0 Å². The molecule has 6 nitrogen and oxygen atoms in total. The standard InChI is InChI=1S/C18H22N2O4/c1-12-4-7-15(8-13(12)2)23-10-17(22)24-9-16(21)20-18(3,11-19)14-5-6-14/h4,7-8,14H,5-6,9-10H2,1-3H3,(H,20,21)/t18-/m1/s1. The van der Waals surface area contributed by atoms with Crippen molar-refractivity contribution < 1.29 is 19.1 Å². The molecular formula is C18H22N2O4. The molecule has 1 aromatic carbocycles. The second-order valence-electron chi connectivity index (χ2n) is 6.33. The maximum Gasteiger partial charge on any atom is 0.344 e. The Kier molecular flexibility index (Phi) is 5.45. The van der Waals surface area contributed by atoms with E-state index in [4.69, 9.17) is 9.47 Å². The van der Waals surface area contributed by atoms with Gasteiger partial charge in [-0.3, -0.25) is 4.79 Å². The molecule has 1 aliphatic rings. The van der Waals surface area contributed by atoms with E-state index in [1.165, 1.54) is 0 Å². The van der Waals surface area contributed by atoms with Crippen LogP contribution in [-0.2, 0) is 14.3 Å². The molecule has 0 aliphatic heterocycles. The Labute approximate surface area is 141 Å². The number of nitriles is 1. The maximum atomic E-state index is 11.8. The molecule has 0 spiro atoms. The number of hydrogen-bond acceptors (Lipinski definition) is 5. The minimum absolute atomic E-state index is 0.176. The van der Waals surface area contributed by atoms with Crippen LogP contribution >= 0.6 is 0 Å². The highest BCUT2D eigenvalue weighted by Crippen LogP contribution is 2.39. The van der Waals surface area contributed by atoms with Crippen LogP contribution in [-0.4, -0.2) is 30.6 Å². The molecule has 0 heterocycles. The van der Waals surface area contributed by atoms with Crippen molar-refractivity contribution in [3.8, 4) is 11.8 Å². The predicted octanol–water partition coefficient (Wildman–Crippen LogP) is 2.03. The van der Waals surface area contributed by atoms with Crippen molar-refractivity contribution in [2.24, 2.45) is 5.92 Å². The van der Waals surface area contributed by atoms with Gasteiger partial charge in [-0.25, -0.2) is 4.79 Å². The largest absolute Gasteiger partial charge is 0.482 e. The molecule has 0 aromatic heterocycles. The molecule has 1 aliphatic carbocycles. The average molecular weight is 330 g/mol. The van der Waals surface area contributed by atoms with E-state index >= 15 is 0 Å². The van der Waals surface area contributed by atoms with Gasteiger partial charge in [-0.1, -0.05) is 6.07 Å². The van der Waals surface area contributed by atoms with E-state index in [0.717, 1.165) is 24.0 Å². The molecule has 0 unspecified atom stereocenters. The third-order valence-electron chi connectivity index (χ3n) is 4.22. The quantitative estimate of drug-likeness (QED) is 0.773. The second kappa shape index (κ2) is 7.35. The predicted molar refractivity (Wildman–Crippen MR) is 87.3 cm³/mol. The fourth-order valence-corrected chi connectivity index (χ4v) is 2.34. The van der Waals surface area contributed by atoms with Crippen LogP contribution in [0.25, 0.3) is 0 Å². The van der Waals surface area contributed by atoms with Crippen molar-refractivity contribution >= 4 is 11.9 Å². The summed E-state index contributed by atoms with van der Waals surface area (Å²) in [7, 11) is 0. The van der Waals surface area contributed by atoms with Gasteiger partial charge >= 0.3 is 5.97 Å². The average Bonchev–Trinajstić information content (AvgIpc) is 3.39. The van der Waals surface area contributed by atoms with Crippen LogP contribution in [0.2, 0.25) is 0 Å². The van der Waals surface area contributed by atoms with Crippen LogP contribution in [0.15, 0.2) is 18.2 Å². The number of aryl methyl sites for hydroxylation is 2. The van der Waals surface area contributed by atoms with Gasteiger partial charge in [0.25, 0.3) is 5.91 Å². The van der Waals surface area contributed by atoms with E-state index in [2.05, 4.69) is 11.4 Å². The summed E-state index contributed by atoms with van der Waals surface area (Å²) in [6.07, 6.45) is 1.85. The Balaban J connectivity index is 1.73. The molecule has 0 saturated heterocycles. The Morgan fingerprint density at radius 3 is 2.58 bits per heavy atom. The molecule has 1 saturated carbocycles. The number of esters is 1. The van der Waals surface area contributed by atoms with Crippen molar-refractivity contribution in [1.82, 2.24) is 5.32 Å². The van der Waals surface area contributed by atoms with E-state index < -0.39 is 24.0 Å². The van der Waals surface area contributed by atoms with Crippen molar-refractivity contribution in [2.45, 2.75) is 39.2 Å². The lowest BCUT2D eigenvalue weighted by molar-refractivity contribution is -0.150. The van der Waals surface area contributed by atoms with Crippen LogP contribution < -0.4 is 10.1 Å². The van der Waals surface area contributed by atoms with Crippen molar-refractivity contribution in [3.63, 3.8) is 0 Å². The first-order chi connectivity index (χ1) is 11.3. The molecule has 24 heavy (non-hydrogen) atoms. The van der Waals surface area contributed by atoms with E-state index in [1.807, 2.05) is 26.0 Å². The number of amides is 1. The molecule has 1 atom stereocenters. The minimum Gasteiger partial charge on any atom is -0.482 e. The highest BCUT2D eigenvalue weighted by molar-refractivity contribution is 5.81. The number of carbonyl (C=O) groups excluding carboxylic acids is 2. The van der Waals surface area contributed by atoms with Gasteiger partial charge in [-0.15, -0.1) is 0 Å². The molecule has 1 amide bonds. The van der Waals surface area contributed by atoms with E-state index in [0.29, 0.717) is 5.75 Å². The molecule has 1 N–H and O–H groups in total. The van der Waals surface area contributed by atoms with Gasteiger partial charge in [0.15, 0.2) is 13.2 Å². The summed E-state index contributed by atoms with van der Waals surface area (Å²) in [5, 5.41) is 11.8. The van der Waals surface area contributed by atoms with Gasteiger partial charge < -0.3 is 14.8 Å². The highest BCUT2D eigenvalue weighted by Gasteiger charge is 2.43. The lowest BCUT2D eigenvalue weighted by Crippen LogP contribution is -2.48. The maximum absolute atomic E-state index is 11.8. The normalized spacial score (nSPS) is 15.8. The first-order valence-corrected chi connectivity index (χ1v) is 7.92. The molecule has 2 rings (SSSR count). The summed E-state index contributed by atoms with van der Waals surface area (Å²) in [4.78, 5) is 23.5. The third kappa shape index (κ3) is 4.72. The summed E-state index contributed by atoms with van der Waals surface area (Å²) in [5.41, 5.74) is 1.31. The molecule has 1 fully saturated rings. The summed E-state index contributed by atoms with van der Waals surface area (Å²) >= 11 is 0. The van der Waals surface area contributed by atoms with Crippen LogP contribution in [0.3, 0.4) is 0 Å². The van der Waals surface area contributed by atoms with Crippen molar-refractivity contribution in [1.29, 1.82) is 5.26 Å². The SMILES string of the molecule is Cc1ccc(OCC(=O)OCC(=O)N[C@](C)(C#N)C2CC2)cc1C. The lowest BCUT2D eigenvalue weighted by atomic mass is 9.98.